The van der Waals surface area contributed by atoms with Crippen molar-refractivity contribution >= 4 is 5.65 Å². The van der Waals surface area contributed by atoms with Gasteiger partial charge in [0.05, 0.1) is 22.5 Å². The second-order valence-corrected chi connectivity index (χ2v) is 6.23. The normalized spacial score (nSPS) is 11.9. The van der Waals surface area contributed by atoms with Gasteiger partial charge in [-0.1, -0.05) is 12.1 Å². The van der Waals surface area contributed by atoms with Crippen LogP contribution in [0.1, 0.15) is 11.3 Å². The number of aromatic nitrogens is 3. The Labute approximate surface area is 156 Å². The minimum atomic E-state index is -4.48. The van der Waals surface area contributed by atoms with Gasteiger partial charge in [-0.2, -0.15) is 18.3 Å². The van der Waals surface area contributed by atoms with E-state index < -0.39 is 23.4 Å². The highest BCUT2D eigenvalue weighted by molar-refractivity contribution is 5.81. The van der Waals surface area contributed by atoms with E-state index in [4.69, 9.17) is 0 Å². The van der Waals surface area contributed by atoms with Crippen molar-refractivity contribution < 1.29 is 22.0 Å². The summed E-state index contributed by atoms with van der Waals surface area (Å²) >= 11 is 0. The molecular formula is C20H12F5N3. The Morgan fingerprint density at radius 2 is 1.75 bits per heavy atom. The molecule has 0 aliphatic rings. The minimum absolute atomic E-state index is 0.114. The summed E-state index contributed by atoms with van der Waals surface area (Å²) in [7, 11) is 0. The van der Waals surface area contributed by atoms with Crippen LogP contribution in [0.25, 0.3) is 28.0 Å². The van der Waals surface area contributed by atoms with Crippen LogP contribution in [0.4, 0.5) is 22.0 Å². The number of halogens is 5. The van der Waals surface area contributed by atoms with Crippen LogP contribution in [0.15, 0.2) is 54.7 Å². The van der Waals surface area contributed by atoms with Gasteiger partial charge in [0.2, 0.25) is 0 Å². The second kappa shape index (κ2) is 6.40. The molecule has 0 spiro atoms. The van der Waals surface area contributed by atoms with Crippen molar-refractivity contribution in [3.63, 3.8) is 0 Å². The number of benzene rings is 2. The third-order valence-corrected chi connectivity index (χ3v) is 4.38. The molecule has 4 rings (SSSR count). The largest absolute Gasteiger partial charge is 0.416 e. The zero-order valence-electron chi connectivity index (χ0n) is 14.4. The van der Waals surface area contributed by atoms with Crippen molar-refractivity contribution in [3.05, 3.63) is 77.6 Å². The lowest BCUT2D eigenvalue weighted by Crippen LogP contribution is -2.05. The van der Waals surface area contributed by atoms with Gasteiger partial charge in [-0.15, -0.1) is 0 Å². The lowest BCUT2D eigenvalue weighted by atomic mass is 10.0. The van der Waals surface area contributed by atoms with Gasteiger partial charge in [-0.05, 0) is 37.3 Å². The Hall–Kier alpha value is -3.29. The SMILES string of the molecule is Cc1nn2c(-c3cccc(C(F)(F)F)c3)ccnc2c1-c1ccc(F)cc1F. The summed E-state index contributed by atoms with van der Waals surface area (Å²) in [6, 6.07) is 9.53. The summed E-state index contributed by atoms with van der Waals surface area (Å²) in [5.74, 6) is -1.49. The van der Waals surface area contributed by atoms with Crippen molar-refractivity contribution in [2.75, 3.05) is 0 Å². The Balaban J connectivity index is 1.95. The van der Waals surface area contributed by atoms with E-state index in [1.807, 2.05) is 0 Å². The molecule has 0 saturated heterocycles. The van der Waals surface area contributed by atoms with E-state index in [2.05, 4.69) is 10.1 Å². The van der Waals surface area contributed by atoms with E-state index >= 15 is 0 Å². The van der Waals surface area contributed by atoms with Crippen molar-refractivity contribution in [3.8, 4) is 22.4 Å². The summed E-state index contributed by atoms with van der Waals surface area (Å²) in [4.78, 5) is 4.22. The summed E-state index contributed by atoms with van der Waals surface area (Å²) in [6.45, 7) is 1.63. The van der Waals surface area contributed by atoms with Crippen LogP contribution in [0, 0.1) is 18.6 Å². The van der Waals surface area contributed by atoms with Gasteiger partial charge < -0.3 is 0 Å². The number of hydrogen-bond acceptors (Lipinski definition) is 2. The molecule has 0 bridgehead atoms. The fourth-order valence-corrected chi connectivity index (χ4v) is 3.13. The van der Waals surface area contributed by atoms with Crippen molar-refractivity contribution in [1.29, 1.82) is 0 Å². The maximum absolute atomic E-state index is 14.3. The van der Waals surface area contributed by atoms with Gasteiger partial charge in [0.25, 0.3) is 0 Å². The summed E-state index contributed by atoms with van der Waals surface area (Å²) in [5, 5.41) is 4.33. The standard InChI is InChI=1S/C20H12F5N3/c1-11-18(15-6-5-14(21)10-16(15)22)19-26-8-7-17(28(19)27-11)12-3-2-4-13(9-12)20(23,24)25/h2-10H,1H3. The number of alkyl halides is 3. The zero-order chi connectivity index (χ0) is 20.1. The topological polar surface area (TPSA) is 30.2 Å². The average Bonchev–Trinajstić information content (AvgIpc) is 2.97. The van der Waals surface area contributed by atoms with Crippen LogP contribution in [0.5, 0.6) is 0 Å². The van der Waals surface area contributed by atoms with Crippen LogP contribution in [0.2, 0.25) is 0 Å². The first kappa shape index (κ1) is 18.1. The van der Waals surface area contributed by atoms with Gasteiger partial charge in [-0.25, -0.2) is 18.3 Å². The molecule has 3 nitrogen and oxygen atoms in total. The van der Waals surface area contributed by atoms with E-state index in [1.54, 1.807) is 6.92 Å². The molecule has 2 heterocycles. The lowest BCUT2D eigenvalue weighted by molar-refractivity contribution is -0.137. The Morgan fingerprint density at radius 3 is 2.46 bits per heavy atom. The smallest absolute Gasteiger partial charge is 0.236 e. The molecule has 0 aliphatic heterocycles. The highest BCUT2D eigenvalue weighted by Gasteiger charge is 2.30. The minimum Gasteiger partial charge on any atom is -0.236 e. The van der Waals surface area contributed by atoms with Crippen molar-refractivity contribution in [2.24, 2.45) is 0 Å². The van der Waals surface area contributed by atoms with Crippen LogP contribution in [-0.2, 0) is 6.18 Å². The van der Waals surface area contributed by atoms with Gasteiger partial charge >= 0.3 is 6.18 Å². The lowest BCUT2D eigenvalue weighted by Gasteiger charge is -2.10. The first-order chi connectivity index (χ1) is 13.3. The number of aryl methyl sites for hydroxylation is 1. The quantitative estimate of drug-likeness (QED) is 0.414. The molecule has 0 fully saturated rings. The Kier molecular flexibility index (Phi) is 4.14. The molecule has 8 heteroatoms. The number of nitrogens with zero attached hydrogens (tertiary/aromatic N) is 3. The maximum atomic E-state index is 14.3. The maximum Gasteiger partial charge on any atom is 0.416 e. The molecule has 0 amide bonds. The molecule has 0 unspecified atom stereocenters. The zero-order valence-corrected chi connectivity index (χ0v) is 14.4. The third kappa shape index (κ3) is 3.00. The molecule has 4 aromatic rings. The van der Waals surface area contributed by atoms with Crippen LogP contribution >= 0.6 is 0 Å². The van der Waals surface area contributed by atoms with E-state index in [0.717, 1.165) is 24.3 Å². The summed E-state index contributed by atoms with van der Waals surface area (Å²) in [6.07, 6.45) is -3.07. The molecule has 0 N–H and O–H groups in total. The molecule has 0 radical (unpaired) electrons. The molecule has 0 aliphatic carbocycles. The highest BCUT2D eigenvalue weighted by atomic mass is 19.4. The van der Waals surface area contributed by atoms with Gasteiger partial charge in [0.15, 0.2) is 5.65 Å². The van der Waals surface area contributed by atoms with Crippen molar-refractivity contribution in [2.45, 2.75) is 13.1 Å². The summed E-state index contributed by atoms with van der Waals surface area (Å²) < 4.78 is 68.1. The van der Waals surface area contributed by atoms with Crippen molar-refractivity contribution in [1.82, 2.24) is 14.6 Å². The van der Waals surface area contributed by atoms with E-state index in [1.165, 1.54) is 35.0 Å². The van der Waals surface area contributed by atoms with Gasteiger partial charge in [0.1, 0.15) is 11.6 Å². The second-order valence-electron chi connectivity index (χ2n) is 6.23. The molecular weight excluding hydrogens is 377 g/mol. The molecule has 2 aromatic heterocycles. The molecule has 0 atom stereocenters. The molecule has 2 aromatic carbocycles. The van der Waals surface area contributed by atoms with E-state index in [-0.39, 0.29) is 16.8 Å². The van der Waals surface area contributed by atoms with E-state index in [0.29, 0.717) is 17.0 Å². The first-order valence-corrected chi connectivity index (χ1v) is 8.23. The molecule has 0 saturated carbocycles. The monoisotopic (exact) mass is 389 g/mol. The predicted octanol–water partition coefficient (Wildman–Crippen LogP) is 5.67. The Morgan fingerprint density at radius 1 is 0.964 bits per heavy atom. The highest BCUT2D eigenvalue weighted by Crippen LogP contribution is 2.34. The summed E-state index contributed by atoms with van der Waals surface area (Å²) in [5.41, 5.74) is 1.01. The average molecular weight is 389 g/mol. The van der Waals surface area contributed by atoms with E-state index in [9.17, 15) is 22.0 Å². The number of fused-ring (bicyclic) bond motifs is 1. The molecule has 142 valence electrons. The number of hydrogen-bond donors (Lipinski definition) is 0. The molecule has 28 heavy (non-hydrogen) atoms. The first-order valence-electron chi connectivity index (χ1n) is 8.23. The fraction of sp³-hybridized carbons (Fsp3) is 0.100. The fourth-order valence-electron chi connectivity index (χ4n) is 3.13. The van der Waals surface area contributed by atoms with Crippen LogP contribution < -0.4 is 0 Å². The number of rotatable bonds is 2. The van der Waals surface area contributed by atoms with Gasteiger partial charge in [-0.3, -0.25) is 0 Å². The van der Waals surface area contributed by atoms with Gasteiger partial charge in [0, 0.05) is 23.4 Å². The van der Waals surface area contributed by atoms with Crippen LogP contribution in [-0.4, -0.2) is 14.6 Å². The predicted molar refractivity (Wildman–Crippen MR) is 93.5 cm³/mol. The Bertz CT molecular complexity index is 1190. The third-order valence-electron chi connectivity index (χ3n) is 4.38. The van der Waals surface area contributed by atoms with Crippen LogP contribution in [0.3, 0.4) is 0 Å².